The minimum atomic E-state index is -0.293. The van der Waals surface area contributed by atoms with E-state index < -0.39 is 0 Å². The molecular weight excluding hydrogens is 501 g/mol. The number of hydrogen-bond acceptors (Lipinski definition) is 4. The molecular formula is C34H36FN3O2. The minimum absolute atomic E-state index is 0.0363. The Morgan fingerprint density at radius 3 is 2.58 bits per heavy atom. The normalized spacial score (nSPS) is 23.8. The summed E-state index contributed by atoms with van der Waals surface area (Å²) in [6, 6.07) is 23.3. The molecule has 6 heteroatoms. The van der Waals surface area contributed by atoms with Crippen LogP contribution in [0.5, 0.6) is 5.75 Å². The number of benzene rings is 3. The molecule has 0 saturated heterocycles. The van der Waals surface area contributed by atoms with Crippen molar-refractivity contribution in [3.05, 3.63) is 107 Å². The molecule has 0 spiro atoms. The van der Waals surface area contributed by atoms with E-state index in [0.717, 1.165) is 42.5 Å². The van der Waals surface area contributed by atoms with Crippen LogP contribution in [0.3, 0.4) is 0 Å². The second kappa shape index (κ2) is 12.0. The lowest BCUT2D eigenvalue weighted by atomic mass is 9.65. The first-order valence-corrected chi connectivity index (χ1v) is 14.0. The third-order valence-electron chi connectivity index (χ3n) is 8.70. The van der Waals surface area contributed by atoms with E-state index in [-0.39, 0.29) is 34.8 Å². The Morgan fingerprint density at radius 1 is 1.12 bits per heavy atom. The standard InChI is InChI=1S/C34H36FN3O2/c1-34-21-25(22-36)31(37-29-16-14-28(35)15-17-29)20-27(34)13-12-26(34)19-30(23-7-3-2-4-8-23)38-33(40)18-11-24-9-5-6-10-32(24)39/h2-10,14-17,20,22,25-26,30,36,39H,11-13,18-19,21H2,1H3,(H,38,40). The maximum Gasteiger partial charge on any atom is 0.220 e. The Hall–Kier alpha value is -4.06. The monoisotopic (exact) mass is 537 g/mol. The fraction of sp³-hybridized carbons (Fsp3) is 0.324. The molecule has 0 bridgehead atoms. The zero-order valence-electron chi connectivity index (χ0n) is 22.8. The Morgan fingerprint density at radius 2 is 1.85 bits per heavy atom. The summed E-state index contributed by atoms with van der Waals surface area (Å²) in [6.45, 7) is 2.30. The van der Waals surface area contributed by atoms with Crippen LogP contribution in [-0.2, 0) is 11.2 Å². The van der Waals surface area contributed by atoms with Gasteiger partial charge in [0.25, 0.3) is 0 Å². The predicted octanol–water partition coefficient (Wildman–Crippen LogP) is 7.50. The summed E-state index contributed by atoms with van der Waals surface area (Å²) >= 11 is 0. The molecule has 0 heterocycles. The van der Waals surface area contributed by atoms with Crippen LogP contribution in [-0.4, -0.2) is 22.9 Å². The molecule has 206 valence electrons. The number of aliphatic imine (C=N–C) groups is 1. The van der Waals surface area contributed by atoms with Gasteiger partial charge in [-0.25, -0.2) is 4.39 Å². The van der Waals surface area contributed by atoms with Crippen LogP contribution in [0.1, 0.15) is 56.2 Å². The highest BCUT2D eigenvalue weighted by atomic mass is 19.1. The molecule has 5 nitrogen and oxygen atoms in total. The maximum atomic E-state index is 13.4. The lowest BCUT2D eigenvalue weighted by molar-refractivity contribution is -0.122. The summed E-state index contributed by atoms with van der Waals surface area (Å²) in [5.74, 6) is 0.0956. The maximum absolute atomic E-state index is 13.4. The number of carbonyl (C=O) groups is 1. The van der Waals surface area contributed by atoms with Gasteiger partial charge in [0.05, 0.1) is 11.7 Å². The van der Waals surface area contributed by atoms with E-state index in [9.17, 15) is 14.3 Å². The highest BCUT2D eigenvalue weighted by Gasteiger charge is 2.47. The third kappa shape index (κ3) is 6.06. The number of aryl methyl sites for hydroxylation is 1. The first-order chi connectivity index (χ1) is 19.4. The van der Waals surface area contributed by atoms with E-state index in [0.29, 0.717) is 24.4 Å². The molecule has 3 aromatic rings. The number of hydrogen-bond donors (Lipinski definition) is 3. The number of amides is 1. The molecule has 4 unspecified atom stereocenters. The minimum Gasteiger partial charge on any atom is -0.508 e. The zero-order chi connectivity index (χ0) is 28.1. The fourth-order valence-electron chi connectivity index (χ4n) is 6.37. The van der Waals surface area contributed by atoms with Crippen molar-refractivity contribution >= 4 is 23.5 Å². The number of nitrogens with zero attached hydrogens (tertiary/aromatic N) is 1. The Kier molecular flexibility index (Phi) is 8.24. The van der Waals surface area contributed by atoms with Crippen LogP contribution in [0.2, 0.25) is 0 Å². The van der Waals surface area contributed by atoms with Gasteiger partial charge in [0.1, 0.15) is 11.6 Å². The first kappa shape index (κ1) is 27.5. The van der Waals surface area contributed by atoms with Gasteiger partial charge in [-0.05, 0) is 91.0 Å². The van der Waals surface area contributed by atoms with Gasteiger partial charge in [0.2, 0.25) is 5.91 Å². The summed E-state index contributed by atoms with van der Waals surface area (Å²) in [5, 5.41) is 21.5. The van der Waals surface area contributed by atoms with E-state index in [1.165, 1.54) is 23.9 Å². The number of allylic oxidation sites excluding steroid dienone is 2. The van der Waals surface area contributed by atoms with Gasteiger partial charge < -0.3 is 15.8 Å². The van der Waals surface area contributed by atoms with Crippen molar-refractivity contribution in [2.24, 2.45) is 22.2 Å². The molecule has 5 rings (SSSR count). The average Bonchev–Trinajstić information content (AvgIpc) is 3.28. The van der Waals surface area contributed by atoms with Gasteiger partial charge >= 0.3 is 0 Å². The van der Waals surface area contributed by atoms with Crippen LogP contribution >= 0.6 is 0 Å². The van der Waals surface area contributed by atoms with Crippen LogP contribution in [0, 0.1) is 28.5 Å². The van der Waals surface area contributed by atoms with Crippen LogP contribution in [0.25, 0.3) is 0 Å². The SMILES string of the molecule is CC12CC(C=N)C(=Nc3ccc(F)cc3)C=C1CCC2CC(NC(=O)CCc1ccccc1O)c1ccccc1. The number of fused-ring (bicyclic) bond motifs is 1. The molecule has 2 aliphatic rings. The molecule has 2 aliphatic carbocycles. The average molecular weight is 538 g/mol. The first-order valence-electron chi connectivity index (χ1n) is 14.0. The Labute approximate surface area is 235 Å². The number of phenolic OH excluding ortho intramolecular Hbond substituents is 1. The van der Waals surface area contributed by atoms with Gasteiger partial charge in [0, 0.05) is 24.3 Å². The van der Waals surface area contributed by atoms with Crippen molar-refractivity contribution in [3.63, 3.8) is 0 Å². The van der Waals surface area contributed by atoms with Crippen molar-refractivity contribution in [2.75, 3.05) is 0 Å². The largest absolute Gasteiger partial charge is 0.508 e. The lowest BCUT2D eigenvalue weighted by Gasteiger charge is -2.40. The highest BCUT2D eigenvalue weighted by molar-refractivity contribution is 6.08. The topological polar surface area (TPSA) is 85.5 Å². The number of nitrogens with one attached hydrogen (secondary N) is 2. The Balaban J connectivity index is 1.34. The molecule has 3 aromatic carbocycles. The van der Waals surface area contributed by atoms with Crippen molar-refractivity contribution in [1.29, 1.82) is 5.41 Å². The van der Waals surface area contributed by atoms with Gasteiger partial charge in [-0.3, -0.25) is 9.79 Å². The second-order valence-electron chi connectivity index (χ2n) is 11.2. The quantitative estimate of drug-likeness (QED) is 0.247. The van der Waals surface area contributed by atoms with Crippen molar-refractivity contribution in [2.45, 2.75) is 51.5 Å². The van der Waals surface area contributed by atoms with Crippen molar-refractivity contribution in [3.8, 4) is 5.75 Å². The number of rotatable bonds is 9. The van der Waals surface area contributed by atoms with Crippen LogP contribution in [0.4, 0.5) is 10.1 Å². The number of phenols is 1. The lowest BCUT2D eigenvalue weighted by Crippen LogP contribution is -2.37. The van der Waals surface area contributed by atoms with Crippen LogP contribution < -0.4 is 5.32 Å². The number of halogens is 1. The van der Waals surface area contributed by atoms with E-state index in [1.54, 1.807) is 24.3 Å². The molecule has 0 radical (unpaired) electrons. The molecule has 4 atom stereocenters. The second-order valence-corrected chi connectivity index (χ2v) is 11.2. The van der Waals surface area contributed by atoms with E-state index >= 15 is 0 Å². The summed E-state index contributed by atoms with van der Waals surface area (Å²) in [7, 11) is 0. The molecule has 0 aliphatic heterocycles. The Bertz CT molecular complexity index is 1420. The van der Waals surface area contributed by atoms with Crippen molar-refractivity contribution in [1.82, 2.24) is 5.32 Å². The third-order valence-corrected chi connectivity index (χ3v) is 8.70. The molecule has 1 saturated carbocycles. The van der Waals surface area contributed by atoms with Gasteiger partial charge in [0.15, 0.2) is 0 Å². The summed E-state index contributed by atoms with van der Waals surface area (Å²) < 4.78 is 13.4. The van der Waals surface area contributed by atoms with E-state index in [4.69, 9.17) is 10.4 Å². The zero-order valence-corrected chi connectivity index (χ0v) is 22.8. The van der Waals surface area contributed by atoms with Gasteiger partial charge in [-0.1, -0.05) is 61.0 Å². The smallest absolute Gasteiger partial charge is 0.220 e. The molecule has 0 aromatic heterocycles. The van der Waals surface area contributed by atoms with Gasteiger partial charge in [-0.15, -0.1) is 0 Å². The number of carbonyl (C=O) groups excluding carboxylic acids is 1. The summed E-state index contributed by atoms with van der Waals surface area (Å²) in [6.07, 6.45) is 7.96. The molecule has 1 fully saturated rings. The highest BCUT2D eigenvalue weighted by Crippen LogP contribution is 2.56. The molecule has 1 amide bonds. The number of para-hydroxylation sites is 1. The summed E-state index contributed by atoms with van der Waals surface area (Å²) in [5.41, 5.74) is 4.63. The molecule has 40 heavy (non-hydrogen) atoms. The summed E-state index contributed by atoms with van der Waals surface area (Å²) in [4.78, 5) is 17.9. The number of aromatic hydroxyl groups is 1. The predicted molar refractivity (Wildman–Crippen MR) is 158 cm³/mol. The van der Waals surface area contributed by atoms with Crippen molar-refractivity contribution < 1.29 is 14.3 Å². The fourth-order valence-corrected chi connectivity index (χ4v) is 6.37. The van der Waals surface area contributed by atoms with Gasteiger partial charge in [-0.2, -0.15) is 0 Å². The molecule has 3 N–H and O–H groups in total. The van der Waals surface area contributed by atoms with Crippen LogP contribution in [0.15, 0.2) is 95.5 Å². The van der Waals surface area contributed by atoms with E-state index in [2.05, 4.69) is 30.4 Å². The van der Waals surface area contributed by atoms with E-state index in [1.807, 2.05) is 30.3 Å².